The Bertz CT molecular complexity index is 1210. The molecule has 0 unspecified atom stereocenters. The van der Waals surface area contributed by atoms with Gasteiger partial charge in [0.2, 0.25) is 17.7 Å². The molecule has 0 bridgehead atoms. The molecule has 3 aromatic rings. The van der Waals surface area contributed by atoms with Gasteiger partial charge in [-0.05, 0) is 25.8 Å². The lowest BCUT2D eigenvalue weighted by molar-refractivity contribution is 0.0165. The lowest BCUT2D eigenvalue weighted by atomic mass is 9.99. The minimum absolute atomic E-state index is 0.148. The summed E-state index contributed by atoms with van der Waals surface area (Å²) < 4.78 is 34.0. The Labute approximate surface area is 189 Å². The quantitative estimate of drug-likeness (QED) is 0.600. The second-order valence-electron chi connectivity index (χ2n) is 8.72. The van der Waals surface area contributed by atoms with Gasteiger partial charge in [-0.25, -0.2) is 23.7 Å². The Kier molecular flexibility index (Phi) is 5.40. The first-order chi connectivity index (χ1) is 15.8. The number of alkyl halides is 2. The summed E-state index contributed by atoms with van der Waals surface area (Å²) in [6, 6.07) is 4.23. The number of piperidine rings is 1. The Balaban J connectivity index is 1.48. The van der Waals surface area contributed by atoms with Crippen molar-refractivity contribution in [3.8, 4) is 11.5 Å². The Morgan fingerprint density at radius 1 is 1.18 bits per heavy atom. The Morgan fingerprint density at radius 3 is 2.73 bits per heavy atom. The zero-order valence-corrected chi connectivity index (χ0v) is 18.7. The van der Waals surface area contributed by atoms with Crippen LogP contribution in [0.4, 0.5) is 14.7 Å². The molecule has 5 rings (SSSR count). The number of pyridine rings is 1. The molecular weight excluding hydrogens is 428 g/mol. The molecule has 10 heteroatoms. The summed E-state index contributed by atoms with van der Waals surface area (Å²) in [5.74, 6) is -1.90. The fourth-order valence-corrected chi connectivity index (χ4v) is 4.25. The van der Waals surface area contributed by atoms with Crippen molar-refractivity contribution in [2.24, 2.45) is 0 Å². The maximum atomic E-state index is 14.5. The Hall–Kier alpha value is -3.27. The summed E-state index contributed by atoms with van der Waals surface area (Å²) in [4.78, 5) is 17.6. The largest absolute Gasteiger partial charge is 0.350 e. The van der Waals surface area contributed by atoms with Gasteiger partial charge in [0.25, 0.3) is 5.92 Å². The summed E-state index contributed by atoms with van der Waals surface area (Å²) >= 11 is 0. The van der Waals surface area contributed by atoms with Gasteiger partial charge >= 0.3 is 0 Å². The minimum Gasteiger partial charge on any atom is -0.350 e. The van der Waals surface area contributed by atoms with E-state index in [-0.39, 0.29) is 17.3 Å². The number of allylic oxidation sites excluding steroid dienone is 1. The number of nitrogens with zero attached hydrogens (tertiary/aromatic N) is 5. The number of aryl methyl sites for hydroxylation is 1. The first-order valence-electron chi connectivity index (χ1n) is 11.0. The average Bonchev–Trinajstić information content (AvgIpc) is 3.40. The number of rotatable bonds is 5. The summed E-state index contributed by atoms with van der Waals surface area (Å²) in [6.45, 7) is 5.50. The van der Waals surface area contributed by atoms with Gasteiger partial charge in [-0.15, -0.1) is 0 Å². The van der Waals surface area contributed by atoms with E-state index in [1.165, 1.54) is 6.20 Å². The molecule has 1 aliphatic carbocycles. The molecule has 8 nitrogen and oxygen atoms in total. The second-order valence-corrected chi connectivity index (χ2v) is 8.72. The predicted molar refractivity (Wildman–Crippen MR) is 119 cm³/mol. The number of halogens is 2. The number of fused-ring (bicyclic) bond motifs is 1. The standard InChI is InChI=1S/C23H25F2N7O/c1-12-4-5-14(10-26-12)29-22-27-11-17(23(3,24)25)20(31-22)16-7-8-18-15(16)6-9-19(30-18)21-28-13(2)33-32-21/h6-7,9,11-12,14,26H,4-5,8,10H2,1-3H3,(H,27,29,31)/t12-,14-/m1/s1. The zero-order valence-electron chi connectivity index (χ0n) is 18.7. The molecule has 2 N–H and O–H groups in total. The van der Waals surface area contributed by atoms with Gasteiger partial charge in [0, 0.05) is 56.2 Å². The molecule has 0 radical (unpaired) electrons. The van der Waals surface area contributed by atoms with Crippen LogP contribution in [0.1, 0.15) is 55.1 Å². The van der Waals surface area contributed by atoms with E-state index >= 15 is 0 Å². The van der Waals surface area contributed by atoms with Gasteiger partial charge in [-0.3, -0.25) is 0 Å². The molecule has 172 valence electrons. The molecule has 1 saturated heterocycles. The van der Waals surface area contributed by atoms with Crippen LogP contribution in [0.15, 0.2) is 28.9 Å². The maximum Gasteiger partial charge on any atom is 0.274 e. The van der Waals surface area contributed by atoms with Crippen LogP contribution in [0.2, 0.25) is 0 Å². The van der Waals surface area contributed by atoms with Crippen LogP contribution in [0.3, 0.4) is 0 Å². The van der Waals surface area contributed by atoms with Gasteiger partial charge in [0.15, 0.2) is 0 Å². The van der Waals surface area contributed by atoms with Gasteiger partial charge in [-0.1, -0.05) is 17.3 Å². The van der Waals surface area contributed by atoms with Crippen LogP contribution in [-0.2, 0) is 12.3 Å². The van der Waals surface area contributed by atoms with E-state index in [2.05, 4.69) is 42.6 Å². The monoisotopic (exact) mass is 453 g/mol. The van der Waals surface area contributed by atoms with Crippen molar-refractivity contribution in [2.45, 2.75) is 58.0 Å². The van der Waals surface area contributed by atoms with Gasteiger partial charge in [-0.2, -0.15) is 4.98 Å². The minimum atomic E-state index is -3.09. The second kappa shape index (κ2) is 8.26. The highest BCUT2D eigenvalue weighted by Gasteiger charge is 2.33. The SMILES string of the molecule is Cc1nc(-c2ccc3c(n2)CC=C3c2nc(N[C@@H]3CC[C@@H](C)NC3)ncc2C(C)(F)F)no1. The third kappa shape index (κ3) is 4.35. The summed E-state index contributed by atoms with van der Waals surface area (Å²) in [6.07, 6.45) is 5.61. The predicted octanol–water partition coefficient (Wildman–Crippen LogP) is 3.88. The number of nitrogens with one attached hydrogen (secondary N) is 2. The highest BCUT2D eigenvalue weighted by Crippen LogP contribution is 2.38. The van der Waals surface area contributed by atoms with E-state index < -0.39 is 5.92 Å². The van der Waals surface area contributed by atoms with Crippen molar-refractivity contribution in [3.63, 3.8) is 0 Å². The van der Waals surface area contributed by atoms with Crippen LogP contribution in [0.5, 0.6) is 0 Å². The molecule has 3 aromatic heterocycles. The Morgan fingerprint density at radius 2 is 2.03 bits per heavy atom. The molecule has 0 amide bonds. The average molecular weight is 453 g/mol. The van der Waals surface area contributed by atoms with E-state index in [1.807, 2.05) is 12.1 Å². The van der Waals surface area contributed by atoms with E-state index in [1.54, 1.807) is 13.0 Å². The van der Waals surface area contributed by atoms with Crippen molar-refractivity contribution in [1.82, 2.24) is 30.4 Å². The topological polar surface area (TPSA) is 102 Å². The van der Waals surface area contributed by atoms with Gasteiger partial charge < -0.3 is 15.2 Å². The van der Waals surface area contributed by atoms with Crippen LogP contribution in [0, 0.1) is 6.92 Å². The third-order valence-corrected chi connectivity index (χ3v) is 6.03. The van der Waals surface area contributed by atoms with Crippen molar-refractivity contribution >= 4 is 11.5 Å². The zero-order chi connectivity index (χ0) is 23.2. The number of anilines is 1. The highest BCUT2D eigenvalue weighted by molar-refractivity contribution is 5.84. The molecule has 0 spiro atoms. The number of hydrogen-bond donors (Lipinski definition) is 2. The summed E-state index contributed by atoms with van der Waals surface area (Å²) in [5, 5.41) is 10.6. The fraction of sp³-hybridized carbons (Fsp3) is 0.435. The van der Waals surface area contributed by atoms with Crippen LogP contribution < -0.4 is 10.6 Å². The summed E-state index contributed by atoms with van der Waals surface area (Å²) in [7, 11) is 0. The van der Waals surface area contributed by atoms with Gasteiger partial charge in [0.05, 0.1) is 17.0 Å². The lowest BCUT2D eigenvalue weighted by Gasteiger charge is -2.28. The van der Waals surface area contributed by atoms with Gasteiger partial charge in [0.1, 0.15) is 5.69 Å². The first-order valence-corrected chi connectivity index (χ1v) is 11.0. The van der Waals surface area contributed by atoms with Crippen molar-refractivity contribution in [1.29, 1.82) is 0 Å². The van der Waals surface area contributed by atoms with Crippen molar-refractivity contribution < 1.29 is 13.3 Å². The first kappa shape index (κ1) is 21.6. The highest BCUT2D eigenvalue weighted by atomic mass is 19.3. The van der Waals surface area contributed by atoms with Crippen molar-refractivity contribution in [3.05, 3.63) is 52.8 Å². The fourth-order valence-electron chi connectivity index (χ4n) is 4.25. The molecule has 2 aliphatic rings. The van der Waals surface area contributed by atoms with E-state index in [4.69, 9.17) is 4.52 Å². The normalized spacial score (nSPS) is 20.5. The third-order valence-electron chi connectivity index (χ3n) is 6.03. The van der Waals surface area contributed by atoms with E-state index in [9.17, 15) is 8.78 Å². The molecule has 4 heterocycles. The molecule has 1 fully saturated rings. The van der Waals surface area contributed by atoms with Crippen LogP contribution in [0.25, 0.3) is 17.1 Å². The smallest absolute Gasteiger partial charge is 0.274 e. The number of aromatic nitrogens is 5. The maximum absolute atomic E-state index is 14.5. The lowest BCUT2D eigenvalue weighted by Crippen LogP contribution is -2.43. The number of hydrogen-bond acceptors (Lipinski definition) is 8. The molecule has 2 atom stereocenters. The summed E-state index contributed by atoms with van der Waals surface area (Å²) in [5.41, 5.74) is 2.74. The van der Waals surface area contributed by atoms with Crippen molar-refractivity contribution in [2.75, 3.05) is 11.9 Å². The molecular formula is C23H25F2N7O. The molecule has 0 aromatic carbocycles. The molecule has 33 heavy (non-hydrogen) atoms. The molecule has 1 aliphatic heterocycles. The van der Waals surface area contributed by atoms with Crippen LogP contribution >= 0.6 is 0 Å². The molecule has 0 saturated carbocycles. The van der Waals surface area contributed by atoms with E-state index in [0.29, 0.717) is 41.4 Å². The van der Waals surface area contributed by atoms with E-state index in [0.717, 1.165) is 37.6 Å². The van der Waals surface area contributed by atoms with Crippen LogP contribution in [-0.4, -0.2) is 43.7 Å².